The predicted molar refractivity (Wildman–Crippen MR) is 69.0 cm³/mol. The zero-order chi connectivity index (χ0) is 14.0. The molecular weight excluding hydrogens is 294 g/mol. The fourth-order valence-corrected chi connectivity index (χ4v) is 2.57. The van der Waals surface area contributed by atoms with E-state index in [4.69, 9.17) is 21.4 Å². The molecule has 1 aliphatic heterocycles. The van der Waals surface area contributed by atoms with Crippen LogP contribution in [0.25, 0.3) is 0 Å². The van der Waals surface area contributed by atoms with Crippen molar-refractivity contribution in [3.05, 3.63) is 40.4 Å². The van der Waals surface area contributed by atoms with Crippen LogP contribution in [0.15, 0.2) is 40.4 Å². The van der Waals surface area contributed by atoms with E-state index < -0.39 is 21.5 Å². The number of carboxylic acid groups (broad SMARTS) is 1. The first-order valence-corrected chi connectivity index (χ1v) is 6.97. The Kier molecular flexibility index (Phi) is 3.59. The summed E-state index contributed by atoms with van der Waals surface area (Å²) in [6.07, 6.45) is 0. The van der Waals surface area contributed by atoms with Gasteiger partial charge in [-0.05, 0) is 18.2 Å². The molecule has 0 unspecified atom stereocenters. The third-order valence-corrected chi connectivity index (χ3v) is 3.85. The number of ether oxygens (including phenoxy) is 1. The van der Waals surface area contributed by atoms with E-state index >= 15 is 0 Å². The monoisotopic (exact) mass is 301 g/mol. The van der Waals surface area contributed by atoms with E-state index in [9.17, 15) is 13.2 Å². The van der Waals surface area contributed by atoms with Crippen LogP contribution in [-0.2, 0) is 14.6 Å². The zero-order valence-corrected chi connectivity index (χ0v) is 11.0. The van der Waals surface area contributed by atoms with E-state index in [2.05, 4.69) is 4.99 Å². The molecule has 0 radical (unpaired) electrons. The van der Waals surface area contributed by atoms with Crippen LogP contribution in [-0.4, -0.2) is 31.1 Å². The molecule has 0 bridgehead atoms. The van der Waals surface area contributed by atoms with Gasteiger partial charge in [-0.3, -0.25) is 0 Å². The smallest absolute Gasteiger partial charge is 0.355 e. The minimum Gasteiger partial charge on any atom is -0.486 e. The molecule has 1 aliphatic rings. The Bertz CT molecular complexity index is 693. The van der Waals surface area contributed by atoms with E-state index in [1.807, 2.05) is 0 Å². The summed E-state index contributed by atoms with van der Waals surface area (Å²) in [4.78, 5) is 14.2. The number of nitrogens with zero attached hydrogens (tertiary/aromatic N) is 1. The van der Waals surface area contributed by atoms with Crippen molar-refractivity contribution in [3.8, 4) is 5.75 Å². The number of benzene rings is 1. The summed E-state index contributed by atoms with van der Waals surface area (Å²) in [7, 11) is -3.81. The second-order valence-electron chi connectivity index (χ2n) is 3.60. The van der Waals surface area contributed by atoms with Crippen LogP contribution in [0.3, 0.4) is 0 Å². The van der Waals surface area contributed by atoms with Gasteiger partial charge < -0.3 is 9.84 Å². The van der Waals surface area contributed by atoms with Crippen molar-refractivity contribution in [2.24, 2.45) is 4.99 Å². The van der Waals surface area contributed by atoms with Crippen LogP contribution in [0, 0.1) is 0 Å². The number of hydrogen-bond acceptors (Lipinski definition) is 5. The van der Waals surface area contributed by atoms with Crippen LogP contribution in [0.4, 0.5) is 0 Å². The molecule has 1 aromatic rings. The molecule has 2 rings (SSSR count). The molecule has 0 amide bonds. The van der Waals surface area contributed by atoms with Gasteiger partial charge in [-0.15, -0.1) is 0 Å². The molecule has 1 aromatic carbocycles. The molecule has 1 heterocycles. The van der Waals surface area contributed by atoms with Crippen LogP contribution in [0.2, 0.25) is 5.02 Å². The maximum Gasteiger partial charge on any atom is 0.355 e. The number of carbonyl (C=O) groups is 1. The Morgan fingerprint density at radius 2 is 2.16 bits per heavy atom. The molecular formula is C11H8ClNO5S. The Morgan fingerprint density at radius 1 is 1.42 bits per heavy atom. The minimum absolute atomic E-state index is 0.343. The number of hydrogen-bond donors (Lipinski definition) is 1. The lowest BCUT2D eigenvalue weighted by atomic mass is 10.3. The molecule has 0 aromatic heterocycles. The molecule has 0 spiro atoms. The second kappa shape index (κ2) is 5.02. The lowest BCUT2D eigenvalue weighted by Gasteiger charge is -2.05. The Balaban J connectivity index is 2.13. The first-order chi connectivity index (χ1) is 8.88. The van der Waals surface area contributed by atoms with Crippen molar-refractivity contribution in [1.82, 2.24) is 0 Å². The van der Waals surface area contributed by atoms with Gasteiger partial charge in [0.25, 0.3) is 0 Å². The zero-order valence-electron chi connectivity index (χ0n) is 9.41. The summed E-state index contributed by atoms with van der Waals surface area (Å²) in [5.74, 6) is -1.03. The Morgan fingerprint density at radius 3 is 2.74 bits per heavy atom. The van der Waals surface area contributed by atoms with E-state index in [1.54, 1.807) is 18.2 Å². The molecule has 6 nitrogen and oxygen atoms in total. The fourth-order valence-electron chi connectivity index (χ4n) is 1.35. The highest BCUT2D eigenvalue weighted by molar-refractivity contribution is 8.09. The van der Waals surface area contributed by atoms with Gasteiger partial charge in [0.05, 0.1) is 5.41 Å². The molecule has 100 valence electrons. The van der Waals surface area contributed by atoms with Gasteiger partial charge in [-0.2, -0.15) is 0 Å². The fraction of sp³-hybridized carbons (Fsp3) is 0.0909. The van der Waals surface area contributed by atoms with Gasteiger partial charge in [-0.1, -0.05) is 17.7 Å². The molecule has 1 N–H and O–H groups in total. The minimum atomic E-state index is -3.81. The van der Waals surface area contributed by atoms with Crippen molar-refractivity contribution in [2.75, 3.05) is 6.61 Å². The largest absolute Gasteiger partial charge is 0.486 e. The van der Waals surface area contributed by atoms with E-state index in [-0.39, 0.29) is 11.7 Å². The summed E-state index contributed by atoms with van der Waals surface area (Å²) in [5, 5.41) is 9.39. The molecule has 0 saturated heterocycles. The third kappa shape index (κ3) is 3.12. The normalized spacial score (nSPS) is 16.7. The van der Waals surface area contributed by atoms with Crippen molar-refractivity contribution >= 4 is 32.5 Å². The first kappa shape index (κ1) is 13.6. The second-order valence-corrected chi connectivity index (χ2v) is 5.84. The standard InChI is InChI=1S/C11H8ClNO5S/c12-7-2-1-3-8(4-7)18-5-10-13-9(11(14)15)6-19(10,16)17/h1-4,6H,5H2,(H,14,15). The molecule has 0 atom stereocenters. The number of aliphatic carboxylic acids is 1. The highest BCUT2D eigenvalue weighted by Crippen LogP contribution is 2.19. The topological polar surface area (TPSA) is 93.0 Å². The van der Waals surface area contributed by atoms with Gasteiger partial charge in [0.2, 0.25) is 9.84 Å². The van der Waals surface area contributed by atoms with E-state index in [0.717, 1.165) is 0 Å². The number of carboxylic acids is 1. The van der Waals surface area contributed by atoms with Gasteiger partial charge in [0.1, 0.15) is 12.4 Å². The van der Waals surface area contributed by atoms with Crippen LogP contribution >= 0.6 is 11.6 Å². The van der Waals surface area contributed by atoms with Gasteiger partial charge in [-0.25, -0.2) is 18.2 Å². The van der Waals surface area contributed by atoms with Crippen molar-refractivity contribution in [1.29, 1.82) is 0 Å². The van der Waals surface area contributed by atoms with Gasteiger partial charge >= 0.3 is 5.97 Å². The summed E-state index contributed by atoms with van der Waals surface area (Å²) >= 11 is 5.74. The molecule has 8 heteroatoms. The van der Waals surface area contributed by atoms with Crippen LogP contribution in [0.1, 0.15) is 0 Å². The van der Waals surface area contributed by atoms with E-state index in [1.165, 1.54) is 6.07 Å². The van der Waals surface area contributed by atoms with E-state index in [0.29, 0.717) is 16.2 Å². The molecule has 19 heavy (non-hydrogen) atoms. The molecule has 0 fully saturated rings. The summed E-state index contributed by atoms with van der Waals surface area (Å²) < 4.78 is 28.4. The van der Waals surface area contributed by atoms with Gasteiger partial charge in [0, 0.05) is 5.02 Å². The number of sulfone groups is 1. The summed E-state index contributed by atoms with van der Waals surface area (Å²) in [6, 6.07) is 6.39. The SMILES string of the molecule is O=C(O)C1=CS(=O)(=O)C(COc2cccc(Cl)c2)=N1. The summed E-state index contributed by atoms with van der Waals surface area (Å²) in [6.45, 7) is -0.351. The highest BCUT2D eigenvalue weighted by Gasteiger charge is 2.28. The van der Waals surface area contributed by atoms with Crippen molar-refractivity contribution in [3.63, 3.8) is 0 Å². The van der Waals surface area contributed by atoms with Gasteiger partial charge in [0.15, 0.2) is 10.7 Å². The Hall–Kier alpha value is -1.86. The maximum absolute atomic E-state index is 11.6. The number of aliphatic imine (C=N–C) groups is 1. The van der Waals surface area contributed by atoms with Crippen LogP contribution < -0.4 is 4.74 Å². The lowest BCUT2D eigenvalue weighted by molar-refractivity contribution is -0.132. The van der Waals surface area contributed by atoms with Crippen molar-refractivity contribution < 1.29 is 23.1 Å². The average molecular weight is 302 g/mol. The van der Waals surface area contributed by atoms with Crippen molar-refractivity contribution in [2.45, 2.75) is 0 Å². The Labute approximate surface area is 113 Å². The summed E-state index contributed by atoms with van der Waals surface area (Å²) in [5.41, 5.74) is -0.523. The molecule has 0 aliphatic carbocycles. The average Bonchev–Trinajstić information content (AvgIpc) is 2.62. The lowest BCUT2D eigenvalue weighted by Crippen LogP contribution is -2.17. The quantitative estimate of drug-likeness (QED) is 0.909. The molecule has 0 saturated carbocycles. The number of rotatable bonds is 4. The first-order valence-electron chi connectivity index (χ1n) is 5.04. The third-order valence-electron chi connectivity index (χ3n) is 2.22. The predicted octanol–water partition coefficient (Wildman–Crippen LogP) is 1.47. The number of halogens is 1. The van der Waals surface area contributed by atoms with Crippen LogP contribution in [0.5, 0.6) is 5.75 Å². The highest BCUT2D eigenvalue weighted by atomic mass is 35.5. The maximum atomic E-state index is 11.6.